The molecular weight excluding hydrogens is 374 g/mol. The summed E-state index contributed by atoms with van der Waals surface area (Å²) in [5.41, 5.74) is 0.897. The minimum Gasteiger partial charge on any atom is -0.333 e. The van der Waals surface area contributed by atoms with Crippen molar-refractivity contribution in [1.29, 1.82) is 0 Å². The Morgan fingerprint density at radius 1 is 1.15 bits per heavy atom. The van der Waals surface area contributed by atoms with Crippen LogP contribution in [0, 0.1) is 0 Å². The van der Waals surface area contributed by atoms with E-state index in [1.807, 2.05) is 6.92 Å². The third kappa shape index (κ3) is 4.17. The van der Waals surface area contributed by atoms with E-state index in [4.69, 9.17) is 11.6 Å². The summed E-state index contributed by atoms with van der Waals surface area (Å²) in [5.74, 6) is -0.0893. The number of piperazine rings is 1. The number of nitrogens with one attached hydrogen (secondary N) is 2. The predicted octanol–water partition coefficient (Wildman–Crippen LogP) is 2.57. The maximum Gasteiger partial charge on any atom is 0.261 e. The van der Waals surface area contributed by atoms with Crippen LogP contribution < -0.4 is 10.0 Å². The Morgan fingerprint density at radius 3 is 2.42 bits per heavy atom. The molecule has 1 heterocycles. The van der Waals surface area contributed by atoms with Gasteiger partial charge in [0.15, 0.2) is 0 Å². The minimum absolute atomic E-state index is 0.0893. The van der Waals surface area contributed by atoms with Gasteiger partial charge >= 0.3 is 0 Å². The molecule has 2 N–H and O–H groups in total. The molecule has 0 saturated carbocycles. The fourth-order valence-electron chi connectivity index (χ4n) is 2.82. The van der Waals surface area contributed by atoms with Crippen LogP contribution >= 0.6 is 11.6 Å². The molecule has 0 aliphatic carbocycles. The third-order valence-electron chi connectivity index (χ3n) is 4.27. The van der Waals surface area contributed by atoms with Gasteiger partial charge in [-0.15, -0.1) is 0 Å². The first-order valence-corrected chi connectivity index (χ1v) is 10.1. The predicted molar refractivity (Wildman–Crippen MR) is 102 cm³/mol. The van der Waals surface area contributed by atoms with Crippen molar-refractivity contribution in [2.75, 3.05) is 24.4 Å². The van der Waals surface area contributed by atoms with Crippen LogP contribution in [0.4, 0.5) is 5.69 Å². The highest BCUT2D eigenvalue weighted by atomic mass is 35.5. The van der Waals surface area contributed by atoms with Gasteiger partial charge in [-0.25, -0.2) is 8.42 Å². The van der Waals surface area contributed by atoms with Gasteiger partial charge in [-0.2, -0.15) is 0 Å². The largest absolute Gasteiger partial charge is 0.333 e. The number of rotatable bonds is 4. The molecule has 0 bridgehead atoms. The van der Waals surface area contributed by atoms with Gasteiger partial charge in [0.25, 0.3) is 15.9 Å². The van der Waals surface area contributed by atoms with Crippen molar-refractivity contribution < 1.29 is 13.2 Å². The Kier molecular flexibility index (Phi) is 5.50. The lowest BCUT2D eigenvalue weighted by molar-refractivity contribution is 0.0655. The molecule has 8 heteroatoms. The van der Waals surface area contributed by atoms with E-state index < -0.39 is 10.0 Å². The Labute approximate surface area is 158 Å². The number of hydrogen-bond acceptors (Lipinski definition) is 4. The molecule has 1 aliphatic rings. The molecule has 0 radical (unpaired) electrons. The molecule has 2 aromatic carbocycles. The Hall–Kier alpha value is -2.09. The Morgan fingerprint density at radius 2 is 1.81 bits per heavy atom. The van der Waals surface area contributed by atoms with Crippen molar-refractivity contribution in [2.45, 2.75) is 17.9 Å². The van der Waals surface area contributed by atoms with E-state index in [0.717, 1.165) is 13.1 Å². The van der Waals surface area contributed by atoms with Crippen LogP contribution in [0.25, 0.3) is 0 Å². The van der Waals surface area contributed by atoms with Crippen molar-refractivity contribution in [1.82, 2.24) is 10.2 Å². The van der Waals surface area contributed by atoms with Gasteiger partial charge in [0.05, 0.1) is 4.90 Å². The van der Waals surface area contributed by atoms with Crippen LogP contribution in [-0.2, 0) is 10.0 Å². The summed E-state index contributed by atoms with van der Waals surface area (Å²) in [7, 11) is -3.73. The fraction of sp³-hybridized carbons (Fsp3) is 0.278. The van der Waals surface area contributed by atoms with E-state index in [0.29, 0.717) is 22.8 Å². The zero-order chi connectivity index (χ0) is 18.7. The third-order valence-corrected chi connectivity index (χ3v) is 5.92. The maximum absolute atomic E-state index is 12.6. The van der Waals surface area contributed by atoms with Crippen LogP contribution in [0.3, 0.4) is 0 Å². The molecule has 3 rings (SSSR count). The molecule has 2 aromatic rings. The number of benzene rings is 2. The smallest absolute Gasteiger partial charge is 0.261 e. The molecule has 1 fully saturated rings. The van der Waals surface area contributed by atoms with Crippen molar-refractivity contribution in [3.8, 4) is 0 Å². The van der Waals surface area contributed by atoms with Gasteiger partial charge in [-0.05, 0) is 55.5 Å². The van der Waals surface area contributed by atoms with Crippen molar-refractivity contribution in [3.63, 3.8) is 0 Å². The van der Waals surface area contributed by atoms with Crippen molar-refractivity contribution >= 4 is 33.2 Å². The summed E-state index contributed by atoms with van der Waals surface area (Å²) < 4.78 is 27.4. The molecule has 6 nitrogen and oxygen atoms in total. The number of sulfonamides is 1. The number of hydrogen-bond donors (Lipinski definition) is 2. The summed E-state index contributed by atoms with van der Waals surface area (Å²) in [6, 6.07) is 12.5. The highest BCUT2D eigenvalue weighted by Gasteiger charge is 2.24. The monoisotopic (exact) mass is 393 g/mol. The van der Waals surface area contributed by atoms with Gasteiger partial charge in [0.2, 0.25) is 0 Å². The fourth-order valence-corrected chi connectivity index (χ4v) is 4.00. The van der Waals surface area contributed by atoms with E-state index in [1.165, 1.54) is 12.1 Å². The maximum atomic E-state index is 12.6. The average Bonchev–Trinajstić information content (AvgIpc) is 2.63. The summed E-state index contributed by atoms with van der Waals surface area (Å²) in [6.07, 6.45) is 0. The molecule has 1 saturated heterocycles. The van der Waals surface area contributed by atoms with E-state index in [1.54, 1.807) is 41.3 Å². The lowest BCUT2D eigenvalue weighted by atomic mass is 10.1. The Balaban J connectivity index is 1.75. The molecule has 1 amide bonds. The Bertz CT molecular complexity index is 883. The molecular formula is C18H20ClN3O3S. The first-order valence-electron chi connectivity index (χ1n) is 8.27. The highest BCUT2D eigenvalue weighted by molar-refractivity contribution is 7.92. The summed E-state index contributed by atoms with van der Waals surface area (Å²) in [6.45, 7) is 4.13. The van der Waals surface area contributed by atoms with Crippen LogP contribution in [0.1, 0.15) is 17.3 Å². The first-order chi connectivity index (χ1) is 12.4. The minimum atomic E-state index is -3.73. The lowest BCUT2D eigenvalue weighted by Gasteiger charge is -2.34. The van der Waals surface area contributed by atoms with Crippen molar-refractivity contribution in [3.05, 3.63) is 59.1 Å². The van der Waals surface area contributed by atoms with E-state index >= 15 is 0 Å². The number of halogens is 1. The second kappa shape index (κ2) is 7.65. The first kappa shape index (κ1) is 18.7. The van der Waals surface area contributed by atoms with Gasteiger partial charge in [-0.1, -0.05) is 11.6 Å². The van der Waals surface area contributed by atoms with Crippen LogP contribution in [-0.4, -0.2) is 44.9 Å². The normalized spacial score (nSPS) is 17.8. The van der Waals surface area contributed by atoms with E-state index in [9.17, 15) is 13.2 Å². The van der Waals surface area contributed by atoms with Crippen LogP contribution in [0.2, 0.25) is 5.02 Å². The molecule has 1 atom stereocenters. The number of carbonyl (C=O) groups is 1. The lowest BCUT2D eigenvalue weighted by Crippen LogP contribution is -2.52. The highest BCUT2D eigenvalue weighted by Crippen LogP contribution is 2.19. The zero-order valence-corrected chi connectivity index (χ0v) is 15.8. The van der Waals surface area contributed by atoms with Gasteiger partial charge in [0, 0.05) is 41.9 Å². The summed E-state index contributed by atoms with van der Waals surface area (Å²) in [5, 5.41) is 3.76. The topological polar surface area (TPSA) is 78.5 Å². The SMILES string of the molecule is C[C@H]1CNCCN1C(=O)c1ccc(S(=O)(=O)Nc2ccc(Cl)cc2)cc1. The zero-order valence-electron chi connectivity index (χ0n) is 14.3. The van der Waals surface area contributed by atoms with Gasteiger partial charge in [0.1, 0.15) is 0 Å². The molecule has 0 unspecified atom stereocenters. The van der Waals surface area contributed by atoms with E-state index in [-0.39, 0.29) is 16.8 Å². The van der Waals surface area contributed by atoms with Crippen molar-refractivity contribution in [2.24, 2.45) is 0 Å². The quantitative estimate of drug-likeness (QED) is 0.836. The number of nitrogens with zero attached hydrogens (tertiary/aromatic N) is 1. The summed E-state index contributed by atoms with van der Waals surface area (Å²) >= 11 is 5.80. The molecule has 1 aliphatic heterocycles. The molecule has 138 valence electrons. The van der Waals surface area contributed by atoms with Crippen LogP contribution in [0.5, 0.6) is 0 Å². The van der Waals surface area contributed by atoms with Gasteiger partial charge < -0.3 is 10.2 Å². The molecule has 0 spiro atoms. The molecule has 26 heavy (non-hydrogen) atoms. The number of anilines is 1. The second-order valence-electron chi connectivity index (χ2n) is 6.19. The van der Waals surface area contributed by atoms with Gasteiger partial charge in [-0.3, -0.25) is 9.52 Å². The summed E-state index contributed by atoms with van der Waals surface area (Å²) in [4.78, 5) is 14.5. The van der Waals surface area contributed by atoms with E-state index in [2.05, 4.69) is 10.0 Å². The standard InChI is InChI=1S/C18H20ClN3O3S/c1-13-12-20-10-11-22(13)18(23)14-2-8-17(9-3-14)26(24,25)21-16-6-4-15(19)5-7-16/h2-9,13,20-21H,10-12H2,1H3/t13-/m0/s1. The molecule has 0 aromatic heterocycles. The second-order valence-corrected chi connectivity index (χ2v) is 8.31. The number of carbonyl (C=O) groups excluding carboxylic acids is 1. The average molecular weight is 394 g/mol. The number of amides is 1. The van der Waals surface area contributed by atoms with Crippen LogP contribution in [0.15, 0.2) is 53.4 Å².